The summed E-state index contributed by atoms with van der Waals surface area (Å²) in [5, 5.41) is 11.3. The molecule has 0 saturated carbocycles. The Morgan fingerprint density at radius 3 is 2.31 bits per heavy atom. The maximum Gasteiger partial charge on any atom is 0.308 e. The van der Waals surface area contributed by atoms with E-state index in [9.17, 15) is 19.5 Å². The lowest BCUT2D eigenvalue weighted by Crippen LogP contribution is -2.29. The van der Waals surface area contributed by atoms with E-state index < -0.39 is 23.7 Å². The van der Waals surface area contributed by atoms with E-state index in [0.717, 1.165) is 11.1 Å². The van der Waals surface area contributed by atoms with Crippen molar-refractivity contribution in [1.82, 2.24) is 0 Å². The van der Waals surface area contributed by atoms with Gasteiger partial charge in [-0.1, -0.05) is 30.3 Å². The zero-order valence-electron chi connectivity index (χ0n) is 19.9. The van der Waals surface area contributed by atoms with E-state index in [0.29, 0.717) is 22.6 Å². The molecule has 7 nitrogen and oxygen atoms in total. The fraction of sp³-hybridized carbons (Fsp3) is 0.179. The summed E-state index contributed by atoms with van der Waals surface area (Å²) in [6.07, 6.45) is 0. The number of hydrogen-bond acceptors (Lipinski definition) is 6. The van der Waals surface area contributed by atoms with Gasteiger partial charge in [0.05, 0.1) is 18.7 Å². The molecule has 178 valence electrons. The highest BCUT2D eigenvalue weighted by Gasteiger charge is 2.47. The lowest BCUT2D eigenvalue weighted by molar-refractivity contribution is -0.132. The monoisotopic (exact) mass is 471 g/mol. The van der Waals surface area contributed by atoms with E-state index >= 15 is 0 Å². The molecule has 1 heterocycles. The van der Waals surface area contributed by atoms with Gasteiger partial charge in [0.1, 0.15) is 17.3 Å². The smallest absolute Gasteiger partial charge is 0.308 e. The number of carbonyl (C=O) groups is 3. The Morgan fingerprint density at radius 2 is 1.63 bits per heavy atom. The molecule has 1 atom stereocenters. The van der Waals surface area contributed by atoms with Gasteiger partial charge < -0.3 is 14.6 Å². The molecule has 1 fully saturated rings. The zero-order chi connectivity index (χ0) is 25.3. The molecule has 1 aliphatic heterocycles. The number of aliphatic hydroxyl groups excluding tert-OH is 1. The van der Waals surface area contributed by atoms with Crippen LogP contribution < -0.4 is 14.4 Å². The van der Waals surface area contributed by atoms with Crippen LogP contribution in [0, 0.1) is 13.8 Å². The molecule has 1 aliphatic rings. The van der Waals surface area contributed by atoms with Crippen LogP contribution >= 0.6 is 0 Å². The minimum Gasteiger partial charge on any atom is -0.507 e. The number of aliphatic hydroxyl groups is 1. The summed E-state index contributed by atoms with van der Waals surface area (Å²) in [6, 6.07) is 17.7. The standard InChI is InChI=1S/C28H25NO6/c1-16-11-12-21(13-17(16)2)29-25(19-7-5-10-23(14-19)35-18(3)30)24(27(32)28(29)33)26(31)20-8-6-9-22(15-20)34-4/h5-15,25,31H,1-4H3/b26-24+. The number of ketones is 1. The number of aryl methyl sites for hydroxylation is 2. The minimum atomic E-state index is -0.946. The van der Waals surface area contributed by atoms with E-state index in [2.05, 4.69) is 0 Å². The third kappa shape index (κ3) is 4.53. The van der Waals surface area contributed by atoms with Gasteiger partial charge >= 0.3 is 5.97 Å². The largest absolute Gasteiger partial charge is 0.507 e. The Kier molecular flexibility index (Phi) is 6.42. The number of anilines is 1. The van der Waals surface area contributed by atoms with Crippen molar-refractivity contribution in [3.63, 3.8) is 0 Å². The van der Waals surface area contributed by atoms with Crippen molar-refractivity contribution in [2.24, 2.45) is 0 Å². The molecule has 1 amide bonds. The molecule has 1 N–H and O–H groups in total. The Bertz CT molecular complexity index is 1370. The first-order chi connectivity index (χ1) is 16.7. The van der Waals surface area contributed by atoms with Crippen molar-refractivity contribution >= 4 is 29.1 Å². The molecule has 7 heteroatoms. The fourth-order valence-electron chi connectivity index (χ4n) is 4.13. The van der Waals surface area contributed by atoms with Crippen LogP contribution in [-0.2, 0) is 14.4 Å². The first-order valence-corrected chi connectivity index (χ1v) is 11.0. The number of carbonyl (C=O) groups excluding carboxylic acids is 3. The van der Waals surface area contributed by atoms with E-state index in [-0.39, 0.29) is 17.1 Å². The SMILES string of the molecule is COc1cccc(/C(O)=C2\C(=O)C(=O)N(c3ccc(C)c(C)c3)C2c2cccc(OC(C)=O)c2)c1. The molecular formula is C28H25NO6. The number of hydrogen-bond donors (Lipinski definition) is 1. The number of methoxy groups -OCH3 is 1. The third-order valence-electron chi connectivity index (χ3n) is 5.99. The zero-order valence-corrected chi connectivity index (χ0v) is 19.9. The molecule has 0 spiro atoms. The lowest BCUT2D eigenvalue weighted by atomic mass is 9.94. The number of amides is 1. The van der Waals surface area contributed by atoms with Crippen molar-refractivity contribution in [2.45, 2.75) is 26.8 Å². The van der Waals surface area contributed by atoms with Gasteiger partial charge in [-0.2, -0.15) is 0 Å². The maximum absolute atomic E-state index is 13.3. The maximum atomic E-state index is 13.3. The molecule has 4 rings (SSSR count). The molecule has 0 aromatic heterocycles. The molecule has 0 aliphatic carbocycles. The second-order valence-corrected chi connectivity index (χ2v) is 8.34. The van der Waals surface area contributed by atoms with Gasteiger partial charge in [0.2, 0.25) is 0 Å². The Hall–Kier alpha value is -4.39. The van der Waals surface area contributed by atoms with E-state index in [1.807, 2.05) is 26.0 Å². The summed E-state index contributed by atoms with van der Waals surface area (Å²) in [5.74, 6) is -1.64. The van der Waals surface area contributed by atoms with Gasteiger partial charge in [0, 0.05) is 18.2 Å². The summed E-state index contributed by atoms with van der Waals surface area (Å²) in [6.45, 7) is 5.16. The normalized spacial score (nSPS) is 16.9. The number of ether oxygens (including phenoxy) is 2. The molecule has 1 unspecified atom stereocenters. The van der Waals surface area contributed by atoms with E-state index in [1.54, 1.807) is 54.6 Å². The van der Waals surface area contributed by atoms with Crippen LogP contribution in [0.1, 0.15) is 35.2 Å². The highest BCUT2D eigenvalue weighted by atomic mass is 16.5. The quantitative estimate of drug-likeness (QED) is 0.188. The highest BCUT2D eigenvalue weighted by Crippen LogP contribution is 2.43. The lowest BCUT2D eigenvalue weighted by Gasteiger charge is -2.26. The summed E-state index contributed by atoms with van der Waals surface area (Å²) in [7, 11) is 1.50. The highest BCUT2D eigenvalue weighted by molar-refractivity contribution is 6.51. The van der Waals surface area contributed by atoms with Crippen LogP contribution in [0.5, 0.6) is 11.5 Å². The number of benzene rings is 3. The molecule has 3 aromatic carbocycles. The van der Waals surface area contributed by atoms with Crippen molar-refractivity contribution in [3.05, 3.63) is 94.6 Å². The average molecular weight is 472 g/mol. The molecule has 3 aromatic rings. The number of Topliss-reactive ketones (excluding diaryl/α,β-unsaturated/α-hetero) is 1. The molecule has 0 bridgehead atoms. The van der Waals surface area contributed by atoms with Crippen LogP contribution in [0.3, 0.4) is 0 Å². The van der Waals surface area contributed by atoms with Crippen LogP contribution in [0.25, 0.3) is 5.76 Å². The van der Waals surface area contributed by atoms with E-state index in [4.69, 9.17) is 9.47 Å². The second kappa shape index (κ2) is 9.46. The first kappa shape index (κ1) is 23.8. The predicted molar refractivity (Wildman–Crippen MR) is 131 cm³/mol. The second-order valence-electron chi connectivity index (χ2n) is 8.34. The van der Waals surface area contributed by atoms with Gasteiger partial charge in [-0.3, -0.25) is 19.3 Å². The Balaban J connectivity index is 1.95. The van der Waals surface area contributed by atoms with Crippen molar-refractivity contribution in [2.75, 3.05) is 12.0 Å². The number of esters is 1. The topological polar surface area (TPSA) is 93.1 Å². The molecule has 0 radical (unpaired) electrons. The van der Waals surface area contributed by atoms with Gasteiger partial charge in [-0.25, -0.2) is 0 Å². The third-order valence-corrected chi connectivity index (χ3v) is 5.99. The van der Waals surface area contributed by atoms with Gasteiger partial charge in [0.15, 0.2) is 0 Å². The van der Waals surface area contributed by atoms with Gasteiger partial charge in [-0.05, 0) is 66.9 Å². The molecule has 35 heavy (non-hydrogen) atoms. The number of nitrogens with zero attached hydrogens (tertiary/aromatic N) is 1. The summed E-state index contributed by atoms with van der Waals surface area (Å²) in [4.78, 5) is 39.6. The van der Waals surface area contributed by atoms with Crippen molar-refractivity contribution in [1.29, 1.82) is 0 Å². The predicted octanol–water partition coefficient (Wildman–Crippen LogP) is 4.86. The number of rotatable bonds is 5. The Morgan fingerprint density at radius 1 is 0.914 bits per heavy atom. The van der Waals surface area contributed by atoms with Crippen LogP contribution in [0.2, 0.25) is 0 Å². The average Bonchev–Trinajstić information content (AvgIpc) is 3.10. The summed E-state index contributed by atoms with van der Waals surface area (Å²) in [5.41, 5.74) is 3.28. The first-order valence-electron chi connectivity index (χ1n) is 11.0. The summed E-state index contributed by atoms with van der Waals surface area (Å²) < 4.78 is 10.5. The van der Waals surface area contributed by atoms with Crippen LogP contribution in [0.15, 0.2) is 72.3 Å². The van der Waals surface area contributed by atoms with Crippen molar-refractivity contribution in [3.8, 4) is 11.5 Å². The fourth-order valence-corrected chi connectivity index (χ4v) is 4.13. The minimum absolute atomic E-state index is 0.0681. The van der Waals surface area contributed by atoms with E-state index in [1.165, 1.54) is 18.9 Å². The molecular weight excluding hydrogens is 446 g/mol. The molecule has 1 saturated heterocycles. The van der Waals surface area contributed by atoms with Crippen LogP contribution in [0.4, 0.5) is 5.69 Å². The van der Waals surface area contributed by atoms with Crippen LogP contribution in [-0.4, -0.2) is 29.9 Å². The van der Waals surface area contributed by atoms with Gasteiger partial charge in [0.25, 0.3) is 11.7 Å². The Labute approximate surface area is 203 Å². The van der Waals surface area contributed by atoms with Gasteiger partial charge in [-0.15, -0.1) is 0 Å². The van der Waals surface area contributed by atoms with Crippen molar-refractivity contribution < 1.29 is 29.0 Å². The summed E-state index contributed by atoms with van der Waals surface area (Å²) >= 11 is 0.